The Kier molecular flexibility index (Phi) is 4.62. The number of nitrogens with one attached hydrogen (secondary N) is 1. The Morgan fingerprint density at radius 2 is 2.28 bits per heavy atom. The summed E-state index contributed by atoms with van der Waals surface area (Å²) in [6.07, 6.45) is 4.82. The van der Waals surface area contributed by atoms with Crippen LogP contribution in [0.15, 0.2) is 24.3 Å². The average Bonchev–Trinajstić information content (AvgIpc) is 2.39. The number of hydrogen-bond donors (Lipinski definition) is 1. The van der Waals surface area contributed by atoms with Gasteiger partial charge in [0.1, 0.15) is 6.10 Å². The zero-order chi connectivity index (χ0) is 12.8. The molecule has 18 heavy (non-hydrogen) atoms. The summed E-state index contributed by atoms with van der Waals surface area (Å²) in [5.41, 5.74) is 2.49. The fraction of sp³-hybridized carbons (Fsp3) is 0.533. The first-order valence-electron chi connectivity index (χ1n) is 6.83. The summed E-state index contributed by atoms with van der Waals surface area (Å²) >= 11 is 0. The van der Waals surface area contributed by atoms with Crippen molar-refractivity contribution in [3.8, 4) is 0 Å². The maximum atomic E-state index is 11.7. The molecule has 2 rings (SSSR count). The molecular formula is C15H21NO2. The number of unbranched alkanes of at least 4 members (excludes halogenated alkanes) is 1. The normalized spacial score (nSPS) is 17.9. The number of fused-ring (bicyclic) bond motifs is 1. The Labute approximate surface area is 109 Å². The zero-order valence-electron chi connectivity index (χ0n) is 10.9. The fourth-order valence-corrected chi connectivity index (χ4v) is 2.37. The number of carbonyl (C=O) groups is 1. The fourth-order valence-electron chi connectivity index (χ4n) is 2.37. The monoisotopic (exact) mass is 247 g/mol. The Morgan fingerprint density at radius 1 is 1.44 bits per heavy atom. The van der Waals surface area contributed by atoms with E-state index in [4.69, 9.17) is 4.74 Å². The molecule has 0 fully saturated rings. The second kappa shape index (κ2) is 6.43. The molecule has 0 unspecified atom stereocenters. The summed E-state index contributed by atoms with van der Waals surface area (Å²) < 4.78 is 5.51. The van der Waals surface area contributed by atoms with Crippen LogP contribution in [0.2, 0.25) is 0 Å². The van der Waals surface area contributed by atoms with Gasteiger partial charge in [0.25, 0.3) is 0 Å². The molecule has 0 saturated carbocycles. The van der Waals surface area contributed by atoms with Crippen LogP contribution in [0.1, 0.15) is 49.8 Å². The summed E-state index contributed by atoms with van der Waals surface area (Å²) in [6, 6.07) is 8.25. The number of amides is 1. The zero-order valence-corrected chi connectivity index (χ0v) is 10.9. The van der Waals surface area contributed by atoms with E-state index in [1.165, 1.54) is 11.1 Å². The van der Waals surface area contributed by atoms with Gasteiger partial charge in [0.15, 0.2) is 0 Å². The van der Waals surface area contributed by atoms with Crippen LogP contribution in [0, 0.1) is 0 Å². The van der Waals surface area contributed by atoms with Gasteiger partial charge in [0.2, 0.25) is 0 Å². The minimum Gasteiger partial charge on any atom is -0.441 e. The van der Waals surface area contributed by atoms with Crippen molar-refractivity contribution < 1.29 is 9.53 Å². The van der Waals surface area contributed by atoms with E-state index in [1.54, 1.807) is 0 Å². The molecule has 1 aliphatic rings. The highest BCUT2D eigenvalue weighted by Crippen LogP contribution is 2.32. The molecule has 1 amide bonds. The predicted molar refractivity (Wildman–Crippen MR) is 71.5 cm³/mol. The lowest BCUT2D eigenvalue weighted by molar-refractivity contribution is 0.0874. The predicted octanol–water partition coefficient (Wildman–Crippen LogP) is 3.59. The van der Waals surface area contributed by atoms with Crippen molar-refractivity contribution in [1.82, 2.24) is 5.32 Å². The van der Waals surface area contributed by atoms with Crippen LogP contribution in [0.5, 0.6) is 0 Å². The molecule has 1 aromatic rings. The first-order chi connectivity index (χ1) is 8.81. The van der Waals surface area contributed by atoms with Crippen LogP contribution >= 0.6 is 0 Å². The summed E-state index contributed by atoms with van der Waals surface area (Å²) in [7, 11) is 0. The molecule has 3 nitrogen and oxygen atoms in total. The van der Waals surface area contributed by atoms with Crippen molar-refractivity contribution in [2.75, 3.05) is 6.54 Å². The highest BCUT2D eigenvalue weighted by molar-refractivity contribution is 5.67. The molecule has 1 aliphatic carbocycles. The molecule has 1 atom stereocenters. The maximum absolute atomic E-state index is 11.7. The first-order valence-corrected chi connectivity index (χ1v) is 6.83. The van der Waals surface area contributed by atoms with Crippen molar-refractivity contribution in [3.63, 3.8) is 0 Å². The topological polar surface area (TPSA) is 38.3 Å². The lowest BCUT2D eigenvalue weighted by atomic mass is 9.89. The number of alkyl carbamates (subject to hydrolysis) is 1. The molecule has 0 heterocycles. The highest BCUT2D eigenvalue weighted by atomic mass is 16.6. The van der Waals surface area contributed by atoms with Gasteiger partial charge in [-0.15, -0.1) is 0 Å². The number of benzene rings is 1. The van der Waals surface area contributed by atoms with E-state index in [2.05, 4.69) is 24.4 Å². The van der Waals surface area contributed by atoms with Crippen molar-refractivity contribution in [3.05, 3.63) is 35.4 Å². The first kappa shape index (κ1) is 12.9. The molecule has 0 spiro atoms. The van der Waals surface area contributed by atoms with Crippen LogP contribution in [0.4, 0.5) is 4.79 Å². The molecule has 0 radical (unpaired) electrons. The second-order valence-electron chi connectivity index (χ2n) is 4.77. The third kappa shape index (κ3) is 3.25. The Balaban J connectivity index is 1.92. The maximum Gasteiger partial charge on any atom is 0.407 e. The van der Waals surface area contributed by atoms with Gasteiger partial charge in [0.05, 0.1) is 0 Å². The second-order valence-corrected chi connectivity index (χ2v) is 4.77. The highest BCUT2D eigenvalue weighted by Gasteiger charge is 2.22. The Bertz CT molecular complexity index is 403. The van der Waals surface area contributed by atoms with Gasteiger partial charge >= 0.3 is 6.09 Å². The van der Waals surface area contributed by atoms with Gasteiger partial charge in [-0.3, -0.25) is 0 Å². The quantitative estimate of drug-likeness (QED) is 0.826. The van der Waals surface area contributed by atoms with Gasteiger partial charge in [-0.25, -0.2) is 4.79 Å². The summed E-state index contributed by atoms with van der Waals surface area (Å²) in [5.74, 6) is 0. The van der Waals surface area contributed by atoms with E-state index in [1.807, 2.05) is 12.1 Å². The Hall–Kier alpha value is -1.51. The van der Waals surface area contributed by atoms with E-state index in [0.29, 0.717) is 6.54 Å². The lowest BCUT2D eigenvalue weighted by Crippen LogP contribution is -2.28. The Morgan fingerprint density at radius 3 is 3.11 bits per heavy atom. The smallest absolute Gasteiger partial charge is 0.407 e. The van der Waals surface area contributed by atoms with Gasteiger partial charge in [-0.2, -0.15) is 0 Å². The third-order valence-electron chi connectivity index (χ3n) is 3.36. The lowest BCUT2D eigenvalue weighted by Gasteiger charge is -2.25. The molecule has 1 N–H and O–H groups in total. The standard InChI is InChI=1S/C15H21NO2/c1-2-3-11-16-15(17)18-14-10-6-8-12-7-4-5-9-13(12)14/h4-5,7,9,14H,2-3,6,8,10-11H2,1H3,(H,16,17)/t14-/m0/s1. The van der Waals surface area contributed by atoms with Crippen molar-refractivity contribution in [1.29, 1.82) is 0 Å². The molecule has 3 heteroatoms. The SMILES string of the molecule is CCCCNC(=O)O[C@H]1CCCc2ccccc21. The van der Waals surface area contributed by atoms with Crippen molar-refractivity contribution >= 4 is 6.09 Å². The number of hydrogen-bond acceptors (Lipinski definition) is 2. The molecule has 0 saturated heterocycles. The molecular weight excluding hydrogens is 226 g/mol. The minimum absolute atomic E-state index is 0.0726. The average molecular weight is 247 g/mol. The largest absolute Gasteiger partial charge is 0.441 e. The number of rotatable bonds is 4. The molecule has 0 aromatic heterocycles. The number of carbonyl (C=O) groups excluding carboxylic acids is 1. The van der Waals surface area contributed by atoms with Crippen LogP contribution in [-0.2, 0) is 11.2 Å². The van der Waals surface area contributed by atoms with Gasteiger partial charge in [0, 0.05) is 6.54 Å². The van der Waals surface area contributed by atoms with Crippen LogP contribution in [0.25, 0.3) is 0 Å². The minimum atomic E-state index is -0.287. The molecule has 1 aromatic carbocycles. The third-order valence-corrected chi connectivity index (χ3v) is 3.36. The molecule has 0 aliphatic heterocycles. The van der Waals surface area contributed by atoms with E-state index in [9.17, 15) is 4.79 Å². The van der Waals surface area contributed by atoms with Crippen LogP contribution < -0.4 is 5.32 Å². The summed E-state index contributed by atoms with van der Waals surface area (Å²) in [5, 5.41) is 2.80. The van der Waals surface area contributed by atoms with E-state index >= 15 is 0 Å². The van der Waals surface area contributed by atoms with Gasteiger partial charge in [-0.1, -0.05) is 37.6 Å². The van der Waals surface area contributed by atoms with Gasteiger partial charge < -0.3 is 10.1 Å². The van der Waals surface area contributed by atoms with Gasteiger partial charge in [-0.05, 0) is 36.8 Å². The van der Waals surface area contributed by atoms with E-state index < -0.39 is 0 Å². The summed E-state index contributed by atoms with van der Waals surface area (Å²) in [4.78, 5) is 11.7. The van der Waals surface area contributed by atoms with Crippen molar-refractivity contribution in [2.45, 2.75) is 45.1 Å². The van der Waals surface area contributed by atoms with E-state index in [-0.39, 0.29) is 12.2 Å². The number of ether oxygens (including phenoxy) is 1. The number of aryl methyl sites for hydroxylation is 1. The van der Waals surface area contributed by atoms with Crippen LogP contribution in [-0.4, -0.2) is 12.6 Å². The van der Waals surface area contributed by atoms with E-state index in [0.717, 1.165) is 32.1 Å². The van der Waals surface area contributed by atoms with Crippen LogP contribution in [0.3, 0.4) is 0 Å². The molecule has 0 bridgehead atoms. The van der Waals surface area contributed by atoms with Crippen molar-refractivity contribution in [2.24, 2.45) is 0 Å². The molecule has 98 valence electrons. The summed E-state index contributed by atoms with van der Waals surface area (Å²) in [6.45, 7) is 2.80.